The van der Waals surface area contributed by atoms with Crippen molar-refractivity contribution in [3.63, 3.8) is 0 Å². The van der Waals surface area contributed by atoms with Gasteiger partial charge in [0, 0.05) is 0 Å². The first-order valence-corrected chi connectivity index (χ1v) is 3.56. The molecule has 5 nitrogen and oxygen atoms in total. The zero-order chi connectivity index (χ0) is 10.3. The summed E-state index contributed by atoms with van der Waals surface area (Å²) in [6, 6.07) is 0. The minimum Gasteiger partial charge on any atom is -0.486 e. The molecule has 1 unspecified atom stereocenters. The van der Waals surface area contributed by atoms with Gasteiger partial charge < -0.3 is 14.2 Å². The first-order valence-electron chi connectivity index (χ1n) is 3.56. The lowest BCUT2D eigenvalue weighted by Gasteiger charge is -2.11. The van der Waals surface area contributed by atoms with E-state index in [9.17, 15) is 9.59 Å². The molecular formula is C8H12O5. The minimum absolute atomic E-state index is 0.185. The highest BCUT2D eigenvalue weighted by Crippen LogP contribution is 2.02. The maximum atomic E-state index is 11.0. The zero-order valence-electron chi connectivity index (χ0n) is 7.61. The van der Waals surface area contributed by atoms with Crippen LogP contribution >= 0.6 is 0 Å². The van der Waals surface area contributed by atoms with Gasteiger partial charge in [-0.15, -0.1) is 0 Å². The largest absolute Gasteiger partial charge is 0.486 e. The number of esters is 2. The number of methoxy groups -OCH3 is 2. The van der Waals surface area contributed by atoms with Crippen LogP contribution in [0, 0.1) is 0 Å². The van der Waals surface area contributed by atoms with Crippen molar-refractivity contribution in [3.8, 4) is 0 Å². The Balaban J connectivity index is 4.16. The Morgan fingerprint density at radius 1 is 1.38 bits per heavy atom. The van der Waals surface area contributed by atoms with E-state index in [0.29, 0.717) is 0 Å². The Kier molecular flexibility index (Phi) is 5.34. The third-order valence-corrected chi connectivity index (χ3v) is 1.30. The van der Waals surface area contributed by atoms with Crippen molar-refractivity contribution in [3.05, 3.63) is 12.8 Å². The summed E-state index contributed by atoms with van der Waals surface area (Å²) in [4.78, 5) is 21.7. The summed E-state index contributed by atoms with van der Waals surface area (Å²) in [5.74, 6) is -1.18. The van der Waals surface area contributed by atoms with E-state index in [1.54, 1.807) is 0 Å². The van der Waals surface area contributed by atoms with Gasteiger partial charge in [-0.05, 0) is 0 Å². The zero-order valence-corrected chi connectivity index (χ0v) is 7.61. The lowest BCUT2D eigenvalue weighted by atomic mass is 10.2. The van der Waals surface area contributed by atoms with Gasteiger partial charge in [0.2, 0.25) is 6.10 Å². The Morgan fingerprint density at radius 2 is 2.00 bits per heavy atom. The van der Waals surface area contributed by atoms with Gasteiger partial charge in [0.25, 0.3) is 0 Å². The first-order chi connectivity index (χ1) is 6.15. The van der Waals surface area contributed by atoms with Crippen LogP contribution in [0.4, 0.5) is 0 Å². The van der Waals surface area contributed by atoms with Crippen molar-refractivity contribution < 1.29 is 23.8 Å². The maximum absolute atomic E-state index is 11.0. The fourth-order valence-corrected chi connectivity index (χ4v) is 0.669. The molecule has 0 N–H and O–H groups in total. The Hall–Kier alpha value is -1.52. The highest BCUT2D eigenvalue weighted by Gasteiger charge is 2.23. The van der Waals surface area contributed by atoms with Crippen LogP contribution in [0.1, 0.15) is 6.42 Å². The molecule has 0 aromatic rings. The molecule has 0 aliphatic heterocycles. The number of carbonyl (C=O) groups is 2. The summed E-state index contributed by atoms with van der Waals surface area (Å²) < 4.78 is 13.5. The van der Waals surface area contributed by atoms with Gasteiger partial charge >= 0.3 is 11.9 Å². The fraction of sp³-hybridized carbons (Fsp3) is 0.500. The number of hydrogen-bond acceptors (Lipinski definition) is 5. The molecule has 0 rings (SSSR count). The summed E-state index contributed by atoms with van der Waals surface area (Å²) >= 11 is 0. The van der Waals surface area contributed by atoms with Gasteiger partial charge in [0.05, 0.1) is 26.9 Å². The lowest BCUT2D eigenvalue weighted by Crippen LogP contribution is -2.27. The highest BCUT2D eigenvalue weighted by atomic mass is 16.6. The molecule has 0 saturated heterocycles. The first kappa shape index (κ1) is 11.5. The second-order valence-corrected chi connectivity index (χ2v) is 2.09. The predicted molar refractivity (Wildman–Crippen MR) is 43.7 cm³/mol. The summed E-state index contributed by atoms with van der Waals surface area (Å²) in [6.07, 6.45) is -0.0883. The second kappa shape index (κ2) is 6.05. The van der Waals surface area contributed by atoms with Crippen LogP contribution in [0.2, 0.25) is 0 Å². The van der Waals surface area contributed by atoms with Crippen LogP contribution in [-0.4, -0.2) is 32.3 Å². The van der Waals surface area contributed by atoms with E-state index < -0.39 is 18.0 Å². The van der Waals surface area contributed by atoms with Gasteiger partial charge in [-0.2, -0.15) is 0 Å². The van der Waals surface area contributed by atoms with E-state index in [1.807, 2.05) is 0 Å². The highest BCUT2D eigenvalue weighted by molar-refractivity contribution is 5.81. The summed E-state index contributed by atoms with van der Waals surface area (Å²) in [6.45, 7) is 3.27. The quantitative estimate of drug-likeness (QED) is 0.457. The molecule has 0 bridgehead atoms. The van der Waals surface area contributed by atoms with Crippen molar-refractivity contribution in [2.24, 2.45) is 0 Å². The van der Waals surface area contributed by atoms with Crippen LogP contribution in [0.5, 0.6) is 0 Å². The molecule has 0 aliphatic carbocycles. The molecule has 13 heavy (non-hydrogen) atoms. The smallest absolute Gasteiger partial charge is 0.347 e. The van der Waals surface area contributed by atoms with Crippen molar-refractivity contribution in [2.45, 2.75) is 12.5 Å². The number of carbonyl (C=O) groups excluding carboxylic acids is 2. The van der Waals surface area contributed by atoms with Gasteiger partial charge in [-0.25, -0.2) is 4.79 Å². The molecule has 0 radical (unpaired) electrons. The number of rotatable bonds is 5. The standard InChI is InChI=1S/C8H12O5/c1-4-13-6(8(10)12-3)5-7(9)11-2/h4,6H,1,5H2,2-3H3. The third-order valence-electron chi connectivity index (χ3n) is 1.30. The molecule has 0 aliphatic rings. The van der Waals surface area contributed by atoms with E-state index in [0.717, 1.165) is 6.26 Å². The average Bonchev–Trinajstić information content (AvgIpc) is 2.15. The van der Waals surface area contributed by atoms with Crippen LogP contribution in [0.3, 0.4) is 0 Å². The van der Waals surface area contributed by atoms with Crippen LogP contribution in [-0.2, 0) is 23.8 Å². The van der Waals surface area contributed by atoms with Crippen molar-refractivity contribution in [2.75, 3.05) is 14.2 Å². The molecule has 5 heteroatoms. The summed E-state index contributed by atoms with van der Waals surface area (Å²) in [5.41, 5.74) is 0. The van der Waals surface area contributed by atoms with E-state index in [-0.39, 0.29) is 6.42 Å². The second-order valence-electron chi connectivity index (χ2n) is 2.09. The van der Waals surface area contributed by atoms with E-state index in [4.69, 9.17) is 4.74 Å². The van der Waals surface area contributed by atoms with Crippen LogP contribution < -0.4 is 0 Å². The van der Waals surface area contributed by atoms with Gasteiger partial charge in [-0.1, -0.05) is 6.58 Å². The molecule has 0 saturated carbocycles. The molecule has 0 aromatic carbocycles. The molecule has 74 valence electrons. The molecular weight excluding hydrogens is 176 g/mol. The summed E-state index contributed by atoms with van der Waals surface area (Å²) in [5, 5.41) is 0. The van der Waals surface area contributed by atoms with Crippen molar-refractivity contribution >= 4 is 11.9 Å². The Labute approximate surface area is 76.3 Å². The van der Waals surface area contributed by atoms with E-state index >= 15 is 0 Å². The SMILES string of the molecule is C=COC(CC(=O)OC)C(=O)OC. The molecule has 0 heterocycles. The molecule has 0 fully saturated rings. The molecule has 0 aromatic heterocycles. The van der Waals surface area contributed by atoms with Crippen molar-refractivity contribution in [1.29, 1.82) is 0 Å². The van der Waals surface area contributed by atoms with E-state index in [2.05, 4.69) is 16.1 Å². The number of ether oxygens (including phenoxy) is 3. The van der Waals surface area contributed by atoms with Crippen LogP contribution in [0.15, 0.2) is 12.8 Å². The predicted octanol–water partition coefficient (Wildman–Crippen LogP) is 0.251. The molecule has 0 spiro atoms. The van der Waals surface area contributed by atoms with Crippen LogP contribution in [0.25, 0.3) is 0 Å². The van der Waals surface area contributed by atoms with Crippen molar-refractivity contribution in [1.82, 2.24) is 0 Å². The van der Waals surface area contributed by atoms with E-state index in [1.165, 1.54) is 14.2 Å². The van der Waals surface area contributed by atoms with Gasteiger partial charge in [-0.3, -0.25) is 4.79 Å². The maximum Gasteiger partial charge on any atom is 0.347 e. The summed E-state index contributed by atoms with van der Waals surface area (Å²) in [7, 11) is 2.43. The topological polar surface area (TPSA) is 61.8 Å². The molecule has 1 atom stereocenters. The fourth-order valence-electron chi connectivity index (χ4n) is 0.669. The Morgan fingerprint density at radius 3 is 2.38 bits per heavy atom. The number of hydrogen-bond donors (Lipinski definition) is 0. The monoisotopic (exact) mass is 188 g/mol. The van der Waals surface area contributed by atoms with Gasteiger partial charge in [0.15, 0.2) is 0 Å². The van der Waals surface area contributed by atoms with Gasteiger partial charge in [0.1, 0.15) is 0 Å². The Bertz CT molecular complexity index is 199. The lowest BCUT2D eigenvalue weighted by molar-refractivity contribution is -0.157. The normalized spacial score (nSPS) is 11.2. The molecule has 0 amide bonds. The third kappa shape index (κ3) is 4.15. The average molecular weight is 188 g/mol. The minimum atomic E-state index is -0.977.